The fourth-order valence-corrected chi connectivity index (χ4v) is 1.85. The number of carbonyl (C=O) groups is 2. The second-order valence-corrected chi connectivity index (χ2v) is 5.35. The molecular weight excluding hydrogens is 318 g/mol. The molecule has 0 bridgehead atoms. The predicted octanol–water partition coefficient (Wildman–Crippen LogP) is 2.99. The van der Waals surface area contributed by atoms with E-state index in [1.54, 1.807) is 32.4 Å². The van der Waals surface area contributed by atoms with Crippen molar-refractivity contribution >= 4 is 11.8 Å². The van der Waals surface area contributed by atoms with Gasteiger partial charge in [-0.25, -0.2) is 0 Å². The second kappa shape index (κ2) is 10.1. The zero-order valence-corrected chi connectivity index (χ0v) is 15.3. The molecule has 0 saturated carbocycles. The molecule has 0 saturated heterocycles. The van der Waals surface area contributed by atoms with E-state index in [0.717, 1.165) is 16.9 Å². The molecule has 25 heavy (non-hydrogen) atoms. The molecule has 0 aliphatic carbocycles. The van der Waals surface area contributed by atoms with Crippen LogP contribution in [0.15, 0.2) is 36.5 Å². The van der Waals surface area contributed by atoms with Crippen molar-refractivity contribution < 1.29 is 14.3 Å². The Hall–Kier alpha value is -2.89. The zero-order chi connectivity index (χ0) is 18.8. The molecular formula is C19H25N3O3. The average Bonchev–Trinajstić information content (AvgIpc) is 2.64. The lowest BCUT2D eigenvalue weighted by Gasteiger charge is -2.10. The van der Waals surface area contributed by atoms with E-state index in [2.05, 4.69) is 15.6 Å². The minimum atomic E-state index is -0.230. The summed E-state index contributed by atoms with van der Waals surface area (Å²) in [6.07, 6.45) is 2.14. The lowest BCUT2D eigenvalue weighted by molar-refractivity contribution is -0.120. The van der Waals surface area contributed by atoms with Crippen molar-refractivity contribution in [2.24, 2.45) is 0 Å². The molecule has 1 aromatic heterocycles. The van der Waals surface area contributed by atoms with Crippen LogP contribution in [-0.2, 0) is 4.79 Å². The Morgan fingerprint density at radius 2 is 1.80 bits per heavy atom. The van der Waals surface area contributed by atoms with Crippen molar-refractivity contribution in [1.82, 2.24) is 15.6 Å². The van der Waals surface area contributed by atoms with Crippen molar-refractivity contribution in [2.75, 3.05) is 14.1 Å². The molecule has 1 aromatic carbocycles. The number of aromatic nitrogens is 1. The standard InChI is InChI=1S/C15H16N2O2.C4H9NO/c1-10-4-5-11(2)14(8-10)19-12-6-7-17-13(9-12)15(18)16-3;1-3-4(6)5-2/h4-9H,1-3H3,(H,16,18);3H2,1-2H3,(H,5,6). The van der Waals surface area contributed by atoms with Gasteiger partial charge in [0.25, 0.3) is 5.91 Å². The normalized spacial score (nSPS) is 9.48. The van der Waals surface area contributed by atoms with Crippen LogP contribution in [0.3, 0.4) is 0 Å². The van der Waals surface area contributed by atoms with Crippen molar-refractivity contribution in [3.63, 3.8) is 0 Å². The molecule has 6 heteroatoms. The maximum Gasteiger partial charge on any atom is 0.269 e. The molecule has 1 heterocycles. The third-order valence-corrected chi connectivity index (χ3v) is 3.36. The van der Waals surface area contributed by atoms with Gasteiger partial charge in [0.15, 0.2) is 0 Å². The molecule has 6 nitrogen and oxygen atoms in total. The predicted molar refractivity (Wildman–Crippen MR) is 98.0 cm³/mol. The minimum absolute atomic E-state index is 0.0926. The van der Waals surface area contributed by atoms with E-state index in [9.17, 15) is 9.59 Å². The van der Waals surface area contributed by atoms with Crippen LogP contribution in [0.1, 0.15) is 35.0 Å². The number of hydrogen-bond acceptors (Lipinski definition) is 4. The first-order valence-corrected chi connectivity index (χ1v) is 8.05. The molecule has 0 aliphatic heterocycles. The molecule has 2 amide bonds. The molecule has 0 unspecified atom stereocenters. The summed E-state index contributed by atoms with van der Waals surface area (Å²) in [5, 5.41) is 5.01. The number of pyridine rings is 1. The third kappa shape index (κ3) is 6.63. The minimum Gasteiger partial charge on any atom is -0.457 e. The SMILES string of the molecule is CCC(=O)NC.CNC(=O)c1cc(Oc2cc(C)ccc2C)ccn1. The Morgan fingerprint density at radius 3 is 2.36 bits per heavy atom. The fourth-order valence-electron chi connectivity index (χ4n) is 1.85. The second-order valence-electron chi connectivity index (χ2n) is 5.35. The number of rotatable bonds is 4. The Morgan fingerprint density at radius 1 is 1.08 bits per heavy atom. The molecule has 2 N–H and O–H groups in total. The molecule has 0 radical (unpaired) electrons. The highest BCUT2D eigenvalue weighted by Gasteiger charge is 2.07. The van der Waals surface area contributed by atoms with Crippen molar-refractivity contribution in [3.05, 3.63) is 53.3 Å². The van der Waals surface area contributed by atoms with Gasteiger partial charge in [-0.3, -0.25) is 14.6 Å². The molecule has 0 aliphatic rings. The molecule has 2 aromatic rings. The summed E-state index contributed by atoms with van der Waals surface area (Å²) in [6, 6.07) is 9.36. The highest BCUT2D eigenvalue weighted by molar-refractivity contribution is 5.92. The number of ether oxygens (including phenoxy) is 1. The summed E-state index contributed by atoms with van der Waals surface area (Å²) in [6.45, 7) is 5.81. The van der Waals surface area contributed by atoms with Crippen molar-refractivity contribution in [1.29, 1.82) is 0 Å². The van der Waals surface area contributed by atoms with Crippen LogP contribution in [0.2, 0.25) is 0 Å². The Balaban J connectivity index is 0.000000450. The van der Waals surface area contributed by atoms with Crippen LogP contribution in [-0.4, -0.2) is 30.9 Å². The molecule has 0 fully saturated rings. The first-order chi connectivity index (χ1) is 11.9. The summed E-state index contributed by atoms with van der Waals surface area (Å²) in [5.74, 6) is 1.25. The number of carbonyl (C=O) groups excluding carboxylic acids is 2. The highest BCUT2D eigenvalue weighted by Crippen LogP contribution is 2.26. The third-order valence-electron chi connectivity index (χ3n) is 3.36. The van der Waals surface area contributed by atoms with Gasteiger partial charge < -0.3 is 15.4 Å². The van der Waals surface area contributed by atoms with Crippen LogP contribution in [0.25, 0.3) is 0 Å². The average molecular weight is 343 g/mol. The lowest BCUT2D eigenvalue weighted by Crippen LogP contribution is -2.18. The summed E-state index contributed by atoms with van der Waals surface area (Å²) >= 11 is 0. The number of aryl methyl sites for hydroxylation is 2. The fraction of sp³-hybridized carbons (Fsp3) is 0.316. The van der Waals surface area contributed by atoms with Crippen LogP contribution in [0.5, 0.6) is 11.5 Å². The van der Waals surface area contributed by atoms with Gasteiger partial charge in [-0.05, 0) is 37.1 Å². The van der Waals surface area contributed by atoms with Gasteiger partial charge in [0.2, 0.25) is 5.91 Å². The number of hydrogen-bond donors (Lipinski definition) is 2. The molecule has 2 rings (SSSR count). The van der Waals surface area contributed by atoms with Gasteiger partial charge in [-0.2, -0.15) is 0 Å². The lowest BCUT2D eigenvalue weighted by atomic mass is 10.1. The van der Waals surface area contributed by atoms with E-state index >= 15 is 0 Å². The number of benzene rings is 1. The van der Waals surface area contributed by atoms with Crippen LogP contribution in [0, 0.1) is 13.8 Å². The Labute approximate surface area is 148 Å². The van der Waals surface area contributed by atoms with E-state index in [-0.39, 0.29) is 11.8 Å². The van der Waals surface area contributed by atoms with Crippen molar-refractivity contribution in [2.45, 2.75) is 27.2 Å². The van der Waals surface area contributed by atoms with Gasteiger partial charge in [-0.15, -0.1) is 0 Å². The van der Waals surface area contributed by atoms with Crippen LogP contribution < -0.4 is 15.4 Å². The Kier molecular flexibility index (Phi) is 8.12. The molecule has 0 spiro atoms. The Bertz CT molecular complexity index is 724. The first kappa shape index (κ1) is 20.2. The first-order valence-electron chi connectivity index (χ1n) is 8.05. The van der Waals surface area contributed by atoms with E-state index in [4.69, 9.17) is 4.74 Å². The van der Waals surface area contributed by atoms with Gasteiger partial charge in [0.05, 0.1) is 0 Å². The van der Waals surface area contributed by atoms with Gasteiger partial charge in [-0.1, -0.05) is 19.1 Å². The smallest absolute Gasteiger partial charge is 0.269 e. The maximum atomic E-state index is 11.5. The van der Waals surface area contributed by atoms with Crippen LogP contribution >= 0.6 is 0 Å². The van der Waals surface area contributed by atoms with Gasteiger partial charge in [0, 0.05) is 32.8 Å². The van der Waals surface area contributed by atoms with E-state index in [1.165, 1.54) is 0 Å². The summed E-state index contributed by atoms with van der Waals surface area (Å²) in [4.78, 5) is 25.6. The van der Waals surface area contributed by atoms with Crippen LogP contribution in [0.4, 0.5) is 0 Å². The van der Waals surface area contributed by atoms with E-state index in [1.807, 2.05) is 39.0 Å². The molecule has 134 valence electrons. The number of nitrogens with one attached hydrogen (secondary N) is 2. The maximum absolute atomic E-state index is 11.5. The highest BCUT2D eigenvalue weighted by atomic mass is 16.5. The number of nitrogens with zero attached hydrogens (tertiary/aromatic N) is 1. The topological polar surface area (TPSA) is 80.3 Å². The zero-order valence-electron chi connectivity index (χ0n) is 15.3. The summed E-state index contributed by atoms with van der Waals surface area (Å²) in [7, 11) is 3.20. The van der Waals surface area contributed by atoms with Crippen molar-refractivity contribution in [3.8, 4) is 11.5 Å². The monoisotopic (exact) mass is 343 g/mol. The summed E-state index contributed by atoms with van der Waals surface area (Å²) in [5.41, 5.74) is 2.51. The summed E-state index contributed by atoms with van der Waals surface area (Å²) < 4.78 is 5.81. The van der Waals surface area contributed by atoms with Gasteiger partial charge in [0.1, 0.15) is 17.2 Å². The molecule has 0 atom stereocenters. The van der Waals surface area contributed by atoms with E-state index in [0.29, 0.717) is 17.9 Å². The number of amides is 2. The van der Waals surface area contributed by atoms with Gasteiger partial charge >= 0.3 is 0 Å². The quantitative estimate of drug-likeness (QED) is 0.894. The largest absolute Gasteiger partial charge is 0.457 e. The van der Waals surface area contributed by atoms with E-state index < -0.39 is 0 Å².